The molecular weight excluding hydrogens is 144 g/mol. The molecule has 0 saturated carbocycles. The Hall–Kier alpha value is -1.30. The summed E-state index contributed by atoms with van der Waals surface area (Å²) >= 11 is 0. The van der Waals surface area contributed by atoms with E-state index in [2.05, 4.69) is 10.7 Å². The molecule has 0 aliphatic rings. The number of Topliss-reactive ketones (excluding diaryl/α,β-unsaturated/α-hetero) is 1. The highest BCUT2D eigenvalue weighted by atomic mass is 16.5. The van der Waals surface area contributed by atoms with Crippen molar-refractivity contribution >= 4 is 11.8 Å². The van der Waals surface area contributed by atoms with E-state index >= 15 is 0 Å². The Morgan fingerprint density at radius 1 is 1.55 bits per heavy atom. The lowest BCUT2D eigenvalue weighted by atomic mass is 10.2. The number of rotatable bonds is 4. The van der Waals surface area contributed by atoms with Crippen LogP contribution in [-0.4, -0.2) is 18.4 Å². The van der Waals surface area contributed by atoms with Crippen LogP contribution in [0.5, 0.6) is 0 Å². The van der Waals surface area contributed by atoms with E-state index in [1.807, 2.05) is 0 Å². The zero-order valence-electron chi connectivity index (χ0n) is 6.42. The second-order valence-electron chi connectivity index (χ2n) is 1.85. The summed E-state index contributed by atoms with van der Waals surface area (Å²) in [6, 6.07) is 0. The van der Waals surface area contributed by atoms with Gasteiger partial charge in [0.2, 0.25) is 5.78 Å². The van der Waals surface area contributed by atoms with E-state index < -0.39 is 11.8 Å². The highest BCUT2D eigenvalue weighted by Crippen LogP contribution is 1.91. The third-order valence-electron chi connectivity index (χ3n) is 1.000. The Bertz CT molecular complexity index is 188. The van der Waals surface area contributed by atoms with E-state index in [0.717, 1.165) is 0 Å². The number of ketones is 1. The van der Waals surface area contributed by atoms with Crippen molar-refractivity contribution in [2.75, 3.05) is 6.61 Å². The fraction of sp³-hybridized carbons (Fsp3) is 0.500. The quantitative estimate of drug-likeness (QED) is 0.337. The molecule has 0 aromatic rings. The van der Waals surface area contributed by atoms with E-state index in [9.17, 15) is 9.59 Å². The zero-order valence-corrected chi connectivity index (χ0v) is 6.42. The largest absolute Gasteiger partial charge is 0.460 e. The van der Waals surface area contributed by atoms with Crippen LogP contribution >= 0.6 is 0 Å². The van der Waals surface area contributed by atoms with Crippen molar-refractivity contribution < 1.29 is 14.3 Å². The molecule has 0 heterocycles. The normalized spacial score (nSPS) is 8.36. The molecule has 0 aliphatic carbocycles. The van der Waals surface area contributed by atoms with Crippen molar-refractivity contribution in [2.45, 2.75) is 19.8 Å². The molecule has 0 N–H and O–H groups in total. The number of carbonyl (C=O) groups is 2. The summed E-state index contributed by atoms with van der Waals surface area (Å²) in [5.74, 6) is 0.927. The topological polar surface area (TPSA) is 43.4 Å². The van der Waals surface area contributed by atoms with E-state index in [1.165, 1.54) is 0 Å². The first-order valence-corrected chi connectivity index (χ1v) is 3.35. The van der Waals surface area contributed by atoms with Crippen LogP contribution in [0.2, 0.25) is 0 Å². The maximum atomic E-state index is 10.7. The molecular formula is C8H10O3. The molecule has 0 atom stereocenters. The molecule has 0 amide bonds. The molecule has 0 saturated heterocycles. The number of terminal acetylenes is 1. The van der Waals surface area contributed by atoms with Crippen molar-refractivity contribution in [1.29, 1.82) is 0 Å². The highest BCUT2D eigenvalue weighted by molar-refractivity contribution is 6.33. The van der Waals surface area contributed by atoms with Gasteiger partial charge in [-0.25, -0.2) is 4.79 Å². The summed E-state index contributed by atoms with van der Waals surface area (Å²) in [6.45, 7) is 1.87. The number of hydrogen-bond donors (Lipinski definition) is 0. The predicted molar refractivity (Wildman–Crippen MR) is 39.7 cm³/mol. The lowest BCUT2D eigenvalue weighted by Crippen LogP contribution is -2.16. The van der Waals surface area contributed by atoms with E-state index in [-0.39, 0.29) is 19.4 Å². The van der Waals surface area contributed by atoms with Crippen LogP contribution in [-0.2, 0) is 14.3 Å². The van der Waals surface area contributed by atoms with Gasteiger partial charge in [-0.3, -0.25) is 4.79 Å². The average molecular weight is 154 g/mol. The zero-order chi connectivity index (χ0) is 8.69. The van der Waals surface area contributed by atoms with Gasteiger partial charge in [-0.2, -0.15) is 0 Å². The Kier molecular flexibility index (Phi) is 4.83. The van der Waals surface area contributed by atoms with Crippen LogP contribution in [0.1, 0.15) is 19.8 Å². The predicted octanol–water partition coefficient (Wildman–Crippen LogP) is 0.532. The number of carbonyl (C=O) groups excluding carboxylic acids is 2. The van der Waals surface area contributed by atoms with Crippen LogP contribution in [0.25, 0.3) is 0 Å². The lowest BCUT2D eigenvalue weighted by molar-refractivity contribution is -0.153. The minimum Gasteiger partial charge on any atom is -0.460 e. The smallest absolute Gasteiger partial charge is 0.374 e. The molecule has 11 heavy (non-hydrogen) atoms. The number of esters is 1. The maximum absolute atomic E-state index is 10.7. The van der Waals surface area contributed by atoms with E-state index in [0.29, 0.717) is 0 Å². The molecule has 0 aliphatic heterocycles. The van der Waals surface area contributed by atoms with Gasteiger partial charge < -0.3 is 4.74 Å². The highest BCUT2D eigenvalue weighted by Gasteiger charge is 2.12. The van der Waals surface area contributed by atoms with Gasteiger partial charge in [-0.15, -0.1) is 12.3 Å². The van der Waals surface area contributed by atoms with Crippen molar-refractivity contribution in [3.8, 4) is 12.3 Å². The molecule has 3 heteroatoms. The molecule has 0 aromatic carbocycles. The van der Waals surface area contributed by atoms with Gasteiger partial charge in [0.15, 0.2) is 0 Å². The summed E-state index contributed by atoms with van der Waals surface area (Å²) in [5.41, 5.74) is 0. The van der Waals surface area contributed by atoms with Gasteiger partial charge >= 0.3 is 5.97 Å². The molecule has 0 radical (unpaired) electrons. The van der Waals surface area contributed by atoms with Gasteiger partial charge in [0.25, 0.3) is 0 Å². The first-order valence-electron chi connectivity index (χ1n) is 3.35. The molecule has 0 spiro atoms. The SMILES string of the molecule is C#CCCC(=O)C(=O)OCC. The molecule has 0 fully saturated rings. The first kappa shape index (κ1) is 9.70. The standard InChI is InChI=1S/C8H10O3/c1-3-5-6-7(9)8(10)11-4-2/h1H,4-6H2,2H3. The molecule has 0 rings (SSSR count). The van der Waals surface area contributed by atoms with Crippen LogP contribution in [0.4, 0.5) is 0 Å². The van der Waals surface area contributed by atoms with Crippen LogP contribution in [0, 0.1) is 12.3 Å². The monoisotopic (exact) mass is 154 g/mol. The van der Waals surface area contributed by atoms with Gasteiger partial charge in [-0.1, -0.05) is 0 Å². The molecule has 0 bridgehead atoms. The summed E-state index contributed by atoms with van der Waals surface area (Å²) in [7, 11) is 0. The number of hydrogen-bond acceptors (Lipinski definition) is 3. The molecule has 0 unspecified atom stereocenters. The van der Waals surface area contributed by atoms with Crippen molar-refractivity contribution in [2.24, 2.45) is 0 Å². The Labute approximate surface area is 65.7 Å². The number of ether oxygens (including phenoxy) is 1. The first-order chi connectivity index (χ1) is 5.22. The van der Waals surface area contributed by atoms with Gasteiger partial charge in [0.1, 0.15) is 0 Å². The summed E-state index contributed by atoms with van der Waals surface area (Å²) in [5, 5.41) is 0. The van der Waals surface area contributed by atoms with Crippen molar-refractivity contribution in [1.82, 2.24) is 0 Å². The lowest BCUT2D eigenvalue weighted by Gasteiger charge is -1.97. The van der Waals surface area contributed by atoms with Gasteiger partial charge in [0.05, 0.1) is 6.61 Å². The van der Waals surface area contributed by atoms with E-state index in [4.69, 9.17) is 6.42 Å². The third kappa shape index (κ3) is 4.15. The summed E-state index contributed by atoms with van der Waals surface area (Å²) in [6.07, 6.45) is 5.26. The van der Waals surface area contributed by atoms with E-state index in [1.54, 1.807) is 6.92 Å². The van der Waals surface area contributed by atoms with Gasteiger partial charge in [0, 0.05) is 12.8 Å². The third-order valence-corrected chi connectivity index (χ3v) is 1.000. The van der Waals surface area contributed by atoms with Crippen LogP contribution in [0.3, 0.4) is 0 Å². The minimum atomic E-state index is -0.789. The fourth-order valence-electron chi connectivity index (χ4n) is 0.499. The minimum absolute atomic E-state index is 0.0787. The Morgan fingerprint density at radius 3 is 2.64 bits per heavy atom. The van der Waals surface area contributed by atoms with Crippen LogP contribution in [0.15, 0.2) is 0 Å². The summed E-state index contributed by atoms with van der Waals surface area (Å²) < 4.78 is 4.44. The van der Waals surface area contributed by atoms with Crippen molar-refractivity contribution in [3.05, 3.63) is 0 Å². The van der Waals surface area contributed by atoms with Gasteiger partial charge in [-0.05, 0) is 6.92 Å². The molecule has 0 aromatic heterocycles. The summed E-state index contributed by atoms with van der Waals surface area (Å²) in [4.78, 5) is 21.3. The second-order valence-corrected chi connectivity index (χ2v) is 1.85. The molecule has 3 nitrogen and oxygen atoms in total. The fourth-order valence-corrected chi connectivity index (χ4v) is 0.499. The second kappa shape index (κ2) is 5.48. The molecule has 60 valence electrons. The maximum Gasteiger partial charge on any atom is 0.374 e. The Morgan fingerprint density at radius 2 is 2.18 bits per heavy atom. The van der Waals surface area contributed by atoms with Crippen molar-refractivity contribution in [3.63, 3.8) is 0 Å². The Balaban J connectivity index is 3.67. The average Bonchev–Trinajstić information content (AvgIpc) is 2.00. The van der Waals surface area contributed by atoms with Crippen LogP contribution < -0.4 is 0 Å².